The van der Waals surface area contributed by atoms with Gasteiger partial charge in [0.1, 0.15) is 18.3 Å². The Morgan fingerprint density at radius 1 is 1.50 bits per heavy atom. The van der Waals surface area contributed by atoms with E-state index in [4.69, 9.17) is 21.3 Å². The molecule has 6 nitrogen and oxygen atoms in total. The Morgan fingerprint density at radius 2 is 2.23 bits per heavy atom. The Bertz CT molecular complexity index is 823. The molecule has 9 heteroatoms. The van der Waals surface area contributed by atoms with Crippen molar-refractivity contribution in [3.8, 4) is 6.07 Å². The molecule has 2 aromatic rings. The van der Waals surface area contributed by atoms with Crippen LogP contribution >= 0.6 is 11.6 Å². The molecule has 0 saturated carbocycles. The van der Waals surface area contributed by atoms with Crippen molar-refractivity contribution in [2.24, 2.45) is 0 Å². The van der Waals surface area contributed by atoms with Crippen LogP contribution in [0.5, 0.6) is 0 Å². The van der Waals surface area contributed by atoms with Crippen molar-refractivity contribution in [1.29, 1.82) is 5.26 Å². The molecule has 114 valence electrons. The van der Waals surface area contributed by atoms with Crippen LogP contribution in [0.3, 0.4) is 0 Å². The maximum absolute atomic E-state index is 13.4. The largest absolute Gasteiger partial charge is 0.438 e. The highest BCUT2D eigenvalue weighted by atomic mass is 35.5. The van der Waals surface area contributed by atoms with Gasteiger partial charge in [-0.25, -0.2) is 8.78 Å². The van der Waals surface area contributed by atoms with Crippen LogP contribution in [-0.2, 0) is 6.54 Å². The average molecular weight is 328 g/mol. The van der Waals surface area contributed by atoms with Gasteiger partial charge < -0.3 is 14.3 Å². The lowest BCUT2D eigenvalue weighted by molar-refractivity contribution is 0.0996. The van der Waals surface area contributed by atoms with Gasteiger partial charge in [0.2, 0.25) is 5.22 Å². The van der Waals surface area contributed by atoms with Gasteiger partial charge in [0, 0.05) is 18.3 Å². The lowest BCUT2D eigenvalue weighted by Crippen LogP contribution is -2.24. The summed E-state index contributed by atoms with van der Waals surface area (Å²) in [5, 5.41) is 10.7. The molecular formula is C13H8ClF2N3O3. The Balaban J connectivity index is 2.28. The van der Waals surface area contributed by atoms with Crippen molar-refractivity contribution in [2.45, 2.75) is 6.54 Å². The molecule has 2 rings (SSSR count). The summed E-state index contributed by atoms with van der Waals surface area (Å²) in [6.07, 6.45) is 1.10. The number of aryl methyl sites for hydroxylation is 1. The maximum atomic E-state index is 13.4. The molecule has 1 N–H and O–H groups in total. The molecule has 0 aliphatic carbocycles. The molecule has 0 unspecified atom stereocenters. The highest BCUT2D eigenvalue weighted by Gasteiger charge is 2.17. The predicted molar refractivity (Wildman–Crippen MR) is 73.0 cm³/mol. The number of halogens is 3. The molecule has 0 aromatic carbocycles. The van der Waals surface area contributed by atoms with Gasteiger partial charge in [-0.15, -0.1) is 0 Å². The number of nitriles is 1. The fourth-order valence-electron chi connectivity index (χ4n) is 1.67. The molecule has 0 atom stereocenters. The Morgan fingerprint density at radius 3 is 2.82 bits per heavy atom. The standard InChI is InChI=1S/C13H8ClF2N3O3/c14-11-7(5-17)3-10(22-11)12(20)18-8-4-9(16)13(21)19(6-8)2-1-15/h3-4,6H,1-2H2,(H,18,20). The molecule has 0 saturated heterocycles. The lowest BCUT2D eigenvalue weighted by Gasteiger charge is -2.07. The van der Waals surface area contributed by atoms with E-state index in [-0.39, 0.29) is 28.8 Å². The highest BCUT2D eigenvalue weighted by Crippen LogP contribution is 2.21. The van der Waals surface area contributed by atoms with E-state index >= 15 is 0 Å². The van der Waals surface area contributed by atoms with Crippen molar-refractivity contribution >= 4 is 23.2 Å². The van der Waals surface area contributed by atoms with Crippen molar-refractivity contribution < 1.29 is 18.0 Å². The summed E-state index contributed by atoms with van der Waals surface area (Å²) in [6.45, 7) is -1.21. The molecule has 0 bridgehead atoms. The molecular weight excluding hydrogens is 320 g/mol. The van der Waals surface area contributed by atoms with E-state index in [2.05, 4.69) is 5.32 Å². The van der Waals surface area contributed by atoms with E-state index in [1.807, 2.05) is 0 Å². The van der Waals surface area contributed by atoms with Crippen molar-refractivity contribution in [3.63, 3.8) is 0 Å². The predicted octanol–water partition coefficient (Wildman–Crippen LogP) is 2.33. The second-order valence-corrected chi connectivity index (χ2v) is 4.47. The van der Waals surface area contributed by atoms with Gasteiger partial charge in [-0.1, -0.05) is 0 Å². The number of furan rings is 1. The molecule has 0 fully saturated rings. The van der Waals surface area contributed by atoms with Crippen LogP contribution in [0.15, 0.2) is 27.5 Å². The number of rotatable bonds is 4. The number of alkyl halides is 1. The number of aromatic nitrogens is 1. The third-order valence-electron chi connectivity index (χ3n) is 2.66. The zero-order valence-electron chi connectivity index (χ0n) is 10.9. The third kappa shape index (κ3) is 3.15. The lowest BCUT2D eigenvalue weighted by atomic mass is 10.3. The van der Waals surface area contributed by atoms with Gasteiger partial charge >= 0.3 is 0 Å². The van der Waals surface area contributed by atoms with Crippen molar-refractivity contribution in [1.82, 2.24) is 4.57 Å². The number of carbonyl (C=O) groups excluding carboxylic acids is 1. The van der Waals surface area contributed by atoms with Crippen LogP contribution in [0, 0.1) is 17.1 Å². The van der Waals surface area contributed by atoms with E-state index in [0.717, 1.165) is 22.9 Å². The van der Waals surface area contributed by atoms with Gasteiger partial charge in [0.05, 0.1) is 12.2 Å². The third-order valence-corrected chi connectivity index (χ3v) is 2.94. The number of nitrogens with zero attached hydrogens (tertiary/aromatic N) is 2. The van der Waals surface area contributed by atoms with E-state index in [1.54, 1.807) is 6.07 Å². The summed E-state index contributed by atoms with van der Waals surface area (Å²) in [6, 6.07) is 3.64. The molecule has 2 aromatic heterocycles. The van der Waals surface area contributed by atoms with Gasteiger partial charge in [-0.2, -0.15) is 5.26 Å². The van der Waals surface area contributed by atoms with Crippen LogP contribution in [0.1, 0.15) is 16.1 Å². The number of pyridine rings is 1. The topological polar surface area (TPSA) is 88.0 Å². The van der Waals surface area contributed by atoms with Crippen molar-refractivity contribution in [3.05, 3.63) is 51.0 Å². The first-order chi connectivity index (χ1) is 10.5. The molecule has 2 heterocycles. The average Bonchev–Trinajstić information content (AvgIpc) is 2.85. The molecule has 0 spiro atoms. The Labute approximate surface area is 127 Å². The molecule has 0 aliphatic rings. The quantitative estimate of drug-likeness (QED) is 0.933. The minimum Gasteiger partial charge on any atom is -0.438 e. The second kappa shape index (κ2) is 6.41. The molecule has 22 heavy (non-hydrogen) atoms. The van der Waals surface area contributed by atoms with Crippen LogP contribution in [0.4, 0.5) is 14.5 Å². The number of carbonyl (C=O) groups is 1. The molecule has 1 amide bonds. The second-order valence-electron chi connectivity index (χ2n) is 4.13. The maximum Gasteiger partial charge on any atom is 0.291 e. The summed E-state index contributed by atoms with van der Waals surface area (Å²) < 4.78 is 31.4. The summed E-state index contributed by atoms with van der Waals surface area (Å²) in [5.41, 5.74) is -1.09. The van der Waals surface area contributed by atoms with Gasteiger partial charge in [-0.05, 0) is 11.6 Å². The fourth-order valence-corrected chi connectivity index (χ4v) is 1.85. The first-order valence-electron chi connectivity index (χ1n) is 5.93. The zero-order chi connectivity index (χ0) is 16.3. The minimum atomic E-state index is -1.14. The van der Waals surface area contributed by atoms with Crippen molar-refractivity contribution in [2.75, 3.05) is 12.0 Å². The van der Waals surface area contributed by atoms with Gasteiger partial charge in [0.15, 0.2) is 11.6 Å². The number of hydrogen-bond donors (Lipinski definition) is 1. The van der Waals surface area contributed by atoms with E-state index in [1.165, 1.54) is 0 Å². The normalized spacial score (nSPS) is 10.3. The van der Waals surface area contributed by atoms with Gasteiger partial charge in [0.25, 0.3) is 11.5 Å². The van der Waals surface area contributed by atoms with Gasteiger partial charge in [-0.3, -0.25) is 9.59 Å². The van der Waals surface area contributed by atoms with Crippen LogP contribution in [0.2, 0.25) is 5.22 Å². The zero-order valence-corrected chi connectivity index (χ0v) is 11.7. The Hall–Kier alpha value is -2.66. The number of anilines is 1. The highest BCUT2D eigenvalue weighted by molar-refractivity contribution is 6.30. The fraction of sp³-hybridized carbons (Fsp3) is 0.154. The van der Waals surface area contributed by atoms with Crippen LogP contribution in [-0.4, -0.2) is 17.1 Å². The summed E-state index contributed by atoms with van der Waals surface area (Å²) in [5.74, 6) is -2.19. The van der Waals surface area contributed by atoms with E-state index in [9.17, 15) is 18.4 Å². The number of amides is 1. The van der Waals surface area contributed by atoms with Crippen LogP contribution < -0.4 is 10.9 Å². The molecule has 0 radical (unpaired) electrons. The first-order valence-corrected chi connectivity index (χ1v) is 6.30. The summed E-state index contributed by atoms with van der Waals surface area (Å²) >= 11 is 5.59. The first kappa shape index (κ1) is 15.7. The summed E-state index contributed by atoms with van der Waals surface area (Å²) in [7, 11) is 0. The number of nitrogens with one attached hydrogen (secondary N) is 1. The van der Waals surface area contributed by atoms with E-state index < -0.39 is 24.0 Å². The SMILES string of the molecule is N#Cc1cc(C(=O)Nc2cc(F)c(=O)n(CCF)c2)oc1Cl. The molecule has 0 aliphatic heterocycles. The van der Waals surface area contributed by atoms with E-state index in [0.29, 0.717) is 0 Å². The van der Waals surface area contributed by atoms with Crippen LogP contribution in [0.25, 0.3) is 0 Å². The monoisotopic (exact) mass is 327 g/mol. The smallest absolute Gasteiger partial charge is 0.291 e. The number of hydrogen-bond acceptors (Lipinski definition) is 4. The summed E-state index contributed by atoms with van der Waals surface area (Å²) in [4.78, 5) is 23.3. The Kier molecular flexibility index (Phi) is 4.58. The minimum absolute atomic E-state index is 0.0274.